The second kappa shape index (κ2) is 6.13. The first-order chi connectivity index (χ1) is 12.3. The van der Waals surface area contributed by atoms with Crippen LogP contribution in [0.15, 0.2) is 18.2 Å². The number of benzene rings is 2. The van der Waals surface area contributed by atoms with Crippen LogP contribution in [0.3, 0.4) is 0 Å². The fraction of sp³-hybridized carbons (Fsp3) is 0.238. The number of hydrogen-bond acceptors (Lipinski definition) is 1. The van der Waals surface area contributed by atoms with Crippen molar-refractivity contribution in [2.75, 3.05) is 0 Å². The van der Waals surface area contributed by atoms with Gasteiger partial charge in [-0.3, -0.25) is 0 Å². The molecule has 4 rings (SSSR count). The van der Waals surface area contributed by atoms with E-state index in [9.17, 15) is 5.11 Å². The predicted molar refractivity (Wildman–Crippen MR) is 122 cm³/mol. The molecule has 0 saturated heterocycles. The minimum Gasteiger partial charge on any atom is -0.507 e. The van der Waals surface area contributed by atoms with E-state index in [-0.39, 0.29) is 0 Å². The molecule has 0 bridgehead atoms. The fourth-order valence-electron chi connectivity index (χ4n) is 4.63. The van der Waals surface area contributed by atoms with Crippen LogP contribution in [0.5, 0.6) is 5.75 Å². The van der Waals surface area contributed by atoms with Crippen molar-refractivity contribution in [1.29, 1.82) is 0 Å². The third-order valence-electron chi connectivity index (χ3n) is 6.37. The Hall–Kier alpha value is -1.80. The Labute approximate surface area is 163 Å². The zero-order valence-electron chi connectivity index (χ0n) is 16.2. The number of phenols is 1. The highest BCUT2D eigenvalue weighted by Crippen LogP contribution is 2.45. The molecule has 2 aliphatic rings. The van der Waals surface area contributed by atoms with E-state index >= 15 is 0 Å². The highest BCUT2D eigenvalue weighted by atomic mass is 35.5. The van der Waals surface area contributed by atoms with Gasteiger partial charge in [0.2, 0.25) is 0 Å². The predicted octanol–water partition coefficient (Wildman–Crippen LogP) is 0.742. The summed E-state index contributed by atoms with van der Waals surface area (Å²) in [5.74, 6) is 0.449. The lowest BCUT2D eigenvalue weighted by Crippen LogP contribution is -2.24. The molecule has 2 aromatic carbocycles. The molecule has 26 heavy (non-hydrogen) atoms. The molecule has 0 saturated carbocycles. The topological polar surface area (TPSA) is 20.2 Å². The second-order valence-electron chi connectivity index (χ2n) is 7.69. The van der Waals surface area contributed by atoms with Gasteiger partial charge in [-0.15, -0.1) is 0 Å². The van der Waals surface area contributed by atoms with Crippen LogP contribution in [0, 0.1) is 13.8 Å². The van der Waals surface area contributed by atoms with Crippen LogP contribution >= 0.6 is 11.6 Å². The first-order valence-electron chi connectivity index (χ1n) is 9.35. The number of halogens is 1. The molecular weight excluding hydrogens is 336 g/mol. The summed E-state index contributed by atoms with van der Waals surface area (Å²) in [5.41, 5.74) is 13.0. The first-order valence-corrected chi connectivity index (χ1v) is 9.72. The standard InChI is InChI=1S/C21H22B3ClO/c1-9-14(11-6-4-3-5-7-11)21(26)13-8-12-15(16(13)17(9)22)10(2)18(23)20(25)19(12)24/h4,6-7,26H,3,5,8,22-24H2,1-2H3. The van der Waals surface area contributed by atoms with Crippen LogP contribution in [-0.2, 0) is 6.42 Å². The first kappa shape index (κ1) is 17.6. The molecule has 1 nitrogen and oxygen atoms in total. The van der Waals surface area contributed by atoms with Gasteiger partial charge in [0.1, 0.15) is 29.3 Å². The van der Waals surface area contributed by atoms with E-state index in [1.54, 1.807) is 0 Å². The van der Waals surface area contributed by atoms with Gasteiger partial charge < -0.3 is 5.11 Å². The monoisotopic (exact) mass is 358 g/mol. The summed E-state index contributed by atoms with van der Waals surface area (Å²) in [7, 11) is 6.39. The number of fused-ring (bicyclic) bond motifs is 3. The zero-order valence-corrected chi connectivity index (χ0v) is 16.9. The maximum absolute atomic E-state index is 11.3. The normalized spacial score (nSPS) is 15.0. The Morgan fingerprint density at radius 1 is 0.885 bits per heavy atom. The quantitative estimate of drug-likeness (QED) is 0.637. The molecule has 5 heteroatoms. The lowest BCUT2D eigenvalue weighted by atomic mass is 9.75. The van der Waals surface area contributed by atoms with E-state index in [1.807, 2.05) is 0 Å². The average Bonchev–Trinajstić information content (AvgIpc) is 3.05. The summed E-state index contributed by atoms with van der Waals surface area (Å²) in [5, 5.41) is 12.1. The van der Waals surface area contributed by atoms with Crippen molar-refractivity contribution < 1.29 is 5.11 Å². The molecular formula is C21H22B3ClO. The average molecular weight is 358 g/mol. The van der Waals surface area contributed by atoms with Crippen molar-refractivity contribution in [2.45, 2.75) is 33.1 Å². The molecule has 2 aromatic rings. The van der Waals surface area contributed by atoms with Gasteiger partial charge in [-0.05, 0) is 60.1 Å². The molecule has 0 amide bonds. The lowest BCUT2D eigenvalue weighted by molar-refractivity contribution is 0.468. The summed E-state index contributed by atoms with van der Waals surface area (Å²) < 4.78 is 0. The van der Waals surface area contributed by atoms with E-state index < -0.39 is 0 Å². The van der Waals surface area contributed by atoms with Crippen LogP contribution in [0.4, 0.5) is 0 Å². The van der Waals surface area contributed by atoms with E-state index in [0.29, 0.717) is 5.75 Å². The smallest absolute Gasteiger partial charge is 0.141 e. The molecule has 0 aliphatic heterocycles. The SMILES string of the molecule is Bc1c(C)c2c(c(B)c1Cl)Cc1c(O)c(C3=CCCC=C3)c(C)c(B)c1-2. The molecule has 128 valence electrons. The summed E-state index contributed by atoms with van der Waals surface area (Å²) >= 11 is 6.59. The van der Waals surface area contributed by atoms with Gasteiger partial charge >= 0.3 is 0 Å². The van der Waals surface area contributed by atoms with Crippen LogP contribution in [0.2, 0.25) is 5.02 Å². The van der Waals surface area contributed by atoms with Crippen molar-refractivity contribution in [3.8, 4) is 16.9 Å². The van der Waals surface area contributed by atoms with Gasteiger partial charge in [0.25, 0.3) is 0 Å². The molecule has 0 heterocycles. The minimum atomic E-state index is 0.449. The number of hydrogen-bond donors (Lipinski definition) is 1. The van der Waals surface area contributed by atoms with E-state index in [2.05, 4.69) is 55.6 Å². The Kier molecular flexibility index (Phi) is 4.15. The number of aromatic hydroxyl groups is 1. The van der Waals surface area contributed by atoms with Crippen molar-refractivity contribution in [3.05, 3.63) is 51.1 Å². The Morgan fingerprint density at radius 3 is 2.23 bits per heavy atom. The van der Waals surface area contributed by atoms with E-state index in [1.165, 1.54) is 33.3 Å². The van der Waals surface area contributed by atoms with Crippen molar-refractivity contribution >= 4 is 57.1 Å². The lowest BCUT2D eigenvalue weighted by Gasteiger charge is -2.21. The maximum Gasteiger partial charge on any atom is 0.141 e. The van der Waals surface area contributed by atoms with E-state index in [4.69, 9.17) is 11.6 Å². The van der Waals surface area contributed by atoms with Gasteiger partial charge in [0.15, 0.2) is 0 Å². The van der Waals surface area contributed by atoms with Crippen LogP contribution in [0.25, 0.3) is 16.7 Å². The van der Waals surface area contributed by atoms with Gasteiger partial charge in [0, 0.05) is 22.6 Å². The molecule has 0 atom stereocenters. The molecule has 1 N–H and O–H groups in total. The van der Waals surface area contributed by atoms with Gasteiger partial charge in [-0.1, -0.05) is 46.2 Å². The van der Waals surface area contributed by atoms with Gasteiger partial charge in [0.05, 0.1) is 0 Å². The largest absolute Gasteiger partial charge is 0.507 e. The molecule has 0 radical (unpaired) electrons. The van der Waals surface area contributed by atoms with Crippen LogP contribution in [0.1, 0.15) is 40.7 Å². The summed E-state index contributed by atoms with van der Waals surface area (Å²) in [4.78, 5) is 0. The molecule has 0 fully saturated rings. The highest BCUT2D eigenvalue weighted by Gasteiger charge is 2.31. The third kappa shape index (κ3) is 2.28. The van der Waals surface area contributed by atoms with Gasteiger partial charge in [-0.25, -0.2) is 0 Å². The Bertz CT molecular complexity index is 1040. The molecule has 0 aromatic heterocycles. The molecule has 2 aliphatic carbocycles. The fourth-order valence-corrected chi connectivity index (χ4v) is 4.88. The summed E-state index contributed by atoms with van der Waals surface area (Å²) in [6.07, 6.45) is 9.46. The van der Waals surface area contributed by atoms with Crippen LogP contribution < -0.4 is 16.4 Å². The zero-order chi connectivity index (χ0) is 18.7. The number of allylic oxidation sites excluding steroid dienone is 4. The maximum atomic E-state index is 11.3. The number of phenolic OH excluding ortho intramolecular Hbond substituents is 1. The van der Waals surface area contributed by atoms with E-state index in [0.717, 1.165) is 51.9 Å². The highest BCUT2D eigenvalue weighted by molar-refractivity contribution is 6.54. The van der Waals surface area contributed by atoms with Gasteiger partial charge in [-0.2, -0.15) is 0 Å². The molecule has 0 spiro atoms. The van der Waals surface area contributed by atoms with Crippen molar-refractivity contribution in [1.82, 2.24) is 0 Å². The molecule has 0 unspecified atom stereocenters. The third-order valence-corrected chi connectivity index (χ3v) is 6.94. The Morgan fingerprint density at radius 2 is 1.58 bits per heavy atom. The summed E-state index contributed by atoms with van der Waals surface area (Å²) in [6.45, 7) is 4.29. The van der Waals surface area contributed by atoms with Crippen molar-refractivity contribution in [3.63, 3.8) is 0 Å². The van der Waals surface area contributed by atoms with Crippen LogP contribution in [-0.4, -0.2) is 28.6 Å². The van der Waals surface area contributed by atoms with Crippen molar-refractivity contribution in [2.24, 2.45) is 0 Å². The Balaban J connectivity index is 2.05. The summed E-state index contributed by atoms with van der Waals surface area (Å²) in [6, 6.07) is 0. The number of rotatable bonds is 1. The second-order valence-corrected chi connectivity index (χ2v) is 8.06. The minimum absolute atomic E-state index is 0.449.